The number of para-hydroxylation sites is 1. The normalized spacial score (nSPS) is 16.9. The van der Waals surface area contributed by atoms with Crippen LogP contribution in [0, 0.1) is 0 Å². The fourth-order valence-electron chi connectivity index (χ4n) is 2.48. The number of anilines is 2. The van der Waals surface area contributed by atoms with Gasteiger partial charge >= 0.3 is 0 Å². The number of hydrogen-bond acceptors (Lipinski definition) is 4. The minimum Gasteiger partial charge on any atom is -0.497 e. The number of methoxy groups -OCH3 is 1. The SMILES string of the molecule is COc1ccc(NC2CCOc3ccccc32)c(N)c1. The maximum atomic E-state index is 6.06. The van der Waals surface area contributed by atoms with E-state index in [0.29, 0.717) is 12.3 Å². The van der Waals surface area contributed by atoms with Crippen LogP contribution in [-0.2, 0) is 0 Å². The molecule has 3 N–H and O–H groups in total. The lowest BCUT2D eigenvalue weighted by Gasteiger charge is -2.28. The van der Waals surface area contributed by atoms with Gasteiger partial charge in [-0.3, -0.25) is 0 Å². The Morgan fingerprint density at radius 1 is 1.25 bits per heavy atom. The summed E-state index contributed by atoms with van der Waals surface area (Å²) in [6.45, 7) is 0.713. The van der Waals surface area contributed by atoms with E-state index in [4.69, 9.17) is 15.2 Å². The summed E-state index contributed by atoms with van der Waals surface area (Å²) in [5.74, 6) is 1.71. The molecule has 104 valence electrons. The Bertz CT molecular complexity index is 613. The molecular formula is C16H18N2O2. The molecule has 0 fully saturated rings. The predicted molar refractivity (Wildman–Crippen MR) is 80.3 cm³/mol. The van der Waals surface area contributed by atoms with Gasteiger partial charge in [0.1, 0.15) is 11.5 Å². The number of ether oxygens (including phenoxy) is 2. The first kappa shape index (κ1) is 12.7. The van der Waals surface area contributed by atoms with E-state index in [0.717, 1.165) is 23.6 Å². The molecule has 20 heavy (non-hydrogen) atoms. The first-order chi connectivity index (χ1) is 9.78. The fourth-order valence-corrected chi connectivity index (χ4v) is 2.48. The highest BCUT2D eigenvalue weighted by molar-refractivity contribution is 5.69. The van der Waals surface area contributed by atoms with Crippen LogP contribution >= 0.6 is 0 Å². The third kappa shape index (κ3) is 2.37. The average Bonchev–Trinajstić information content (AvgIpc) is 2.49. The molecule has 4 heteroatoms. The van der Waals surface area contributed by atoms with Gasteiger partial charge in [-0.2, -0.15) is 0 Å². The number of nitrogens with one attached hydrogen (secondary N) is 1. The molecule has 0 spiro atoms. The minimum atomic E-state index is 0.218. The van der Waals surface area contributed by atoms with Crippen molar-refractivity contribution in [1.82, 2.24) is 0 Å². The summed E-state index contributed by atoms with van der Waals surface area (Å²) in [6.07, 6.45) is 0.919. The van der Waals surface area contributed by atoms with Crippen LogP contribution in [0.3, 0.4) is 0 Å². The summed E-state index contributed by atoms with van der Waals surface area (Å²) in [7, 11) is 1.64. The summed E-state index contributed by atoms with van der Waals surface area (Å²) in [5.41, 5.74) is 8.85. The lowest BCUT2D eigenvalue weighted by molar-refractivity contribution is 0.274. The molecule has 1 atom stereocenters. The topological polar surface area (TPSA) is 56.5 Å². The van der Waals surface area contributed by atoms with Crippen molar-refractivity contribution < 1.29 is 9.47 Å². The van der Waals surface area contributed by atoms with Crippen LogP contribution in [0.5, 0.6) is 11.5 Å². The molecule has 0 radical (unpaired) electrons. The second-order valence-electron chi connectivity index (χ2n) is 4.83. The molecule has 0 aromatic heterocycles. The molecule has 0 amide bonds. The summed E-state index contributed by atoms with van der Waals surface area (Å²) >= 11 is 0. The van der Waals surface area contributed by atoms with Crippen molar-refractivity contribution in [3.8, 4) is 11.5 Å². The van der Waals surface area contributed by atoms with E-state index in [1.54, 1.807) is 7.11 Å². The Morgan fingerprint density at radius 2 is 2.10 bits per heavy atom. The Labute approximate surface area is 118 Å². The van der Waals surface area contributed by atoms with Crippen molar-refractivity contribution in [3.05, 3.63) is 48.0 Å². The van der Waals surface area contributed by atoms with Gasteiger partial charge < -0.3 is 20.5 Å². The Kier molecular flexibility index (Phi) is 3.37. The standard InChI is InChI=1S/C16H18N2O2/c1-19-11-6-7-15(13(17)10-11)18-14-8-9-20-16-5-3-2-4-12(14)16/h2-7,10,14,18H,8-9,17H2,1H3. The van der Waals surface area contributed by atoms with Crippen molar-refractivity contribution in [3.63, 3.8) is 0 Å². The fraction of sp³-hybridized carbons (Fsp3) is 0.250. The molecule has 0 saturated heterocycles. The van der Waals surface area contributed by atoms with Crippen molar-refractivity contribution in [2.75, 3.05) is 24.8 Å². The Morgan fingerprint density at radius 3 is 2.90 bits per heavy atom. The number of nitrogen functional groups attached to an aromatic ring is 1. The van der Waals surface area contributed by atoms with E-state index in [1.807, 2.05) is 36.4 Å². The van der Waals surface area contributed by atoms with E-state index in [1.165, 1.54) is 5.56 Å². The van der Waals surface area contributed by atoms with Crippen LogP contribution in [0.15, 0.2) is 42.5 Å². The molecule has 1 heterocycles. The molecule has 1 unspecified atom stereocenters. The van der Waals surface area contributed by atoms with Gasteiger partial charge in [-0.1, -0.05) is 18.2 Å². The van der Waals surface area contributed by atoms with Crippen molar-refractivity contribution in [1.29, 1.82) is 0 Å². The molecule has 0 saturated carbocycles. The summed E-state index contributed by atoms with van der Waals surface area (Å²) in [4.78, 5) is 0. The van der Waals surface area contributed by atoms with Crippen LogP contribution in [0.4, 0.5) is 11.4 Å². The Hall–Kier alpha value is -2.36. The lowest BCUT2D eigenvalue weighted by atomic mass is 10.00. The third-order valence-corrected chi connectivity index (χ3v) is 3.55. The predicted octanol–water partition coefficient (Wildman–Crippen LogP) is 3.21. The minimum absolute atomic E-state index is 0.218. The average molecular weight is 270 g/mol. The zero-order valence-electron chi connectivity index (χ0n) is 11.4. The molecule has 1 aliphatic rings. The molecule has 2 aromatic rings. The van der Waals surface area contributed by atoms with Gasteiger partial charge in [-0.15, -0.1) is 0 Å². The molecule has 4 nitrogen and oxygen atoms in total. The van der Waals surface area contributed by atoms with Crippen LogP contribution in [0.25, 0.3) is 0 Å². The molecule has 3 rings (SSSR count). The van der Waals surface area contributed by atoms with Gasteiger partial charge in [-0.25, -0.2) is 0 Å². The largest absolute Gasteiger partial charge is 0.497 e. The number of benzene rings is 2. The van der Waals surface area contributed by atoms with Gasteiger partial charge in [0.25, 0.3) is 0 Å². The highest BCUT2D eigenvalue weighted by atomic mass is 16.5. The monoisotopic (exact) mass is 270 g/mol. The quantitative estimate of drug-likeness (QED) is 0.841. The number of fused-ring (bicyclic) bond motifs is 1. The Balaban J connectivity index is 1.85. The van der Waals surface area contributed by atoms with Gasteiger partial charge in [0, 0.05) is 18.1 Å². The highest BCUT2D eigenvalue weighted by Gasteiger charge is 2.21. The second-order valence-corrected chi connectivity index (χ2v) is 4.83. The van der Waals surface area contributed by atoms with Crippen molar-refractivity contribution in [2.45, 2.75) is 12.5 Å². The molecule has 0 bridgehead atoms. The molecule has 1 aliphatic heterocycles. The van der Waals surface area contributed by atoms with Gasteiger partial charge in [0.2, 0.25) is 0 Å². The van der Waals surface area contributed by atoms with Crippen LogP contribution in [0.1, 0.15) is 18.0 Å². The zero-order chi connectivity index (χ0) is 13.9. The van der Waals surface area contributed by atoms with Crippen LogP contribution < -0.4 is 20.5 Å². The first-order valence-corrected chi connectivity index (χ1v) is 6.69. The highest BCUT2D eigenvalue weighted by Crippen LogP contribution is 2.35. The van der Waals surface area contributed by atoms with Gasteiger partial charge in [-0.05, 0) is 18.2 Å². The zero-order valence-corrected chi connectivity index (χ0v) is 11.4. The van der Waals surface area contributed by atoms with Gasteiger partial charge in [0.15, 0.2) is 0 Å². The molecule has 2 aromatic carbocycles. The van der Waals surface area contributed by atoms with E-state index in [9.17, 15) is 0 Å². The van der Waals surface area contributed by atoms with Gasteiger partial charge in [0.05, 0.1) is 31.1 Å². The van der Waals surface area contributed by atoms with E-state index in [-0.39, 0.29) is 6.04 Å². The van der Waals surface area contributed by atoms with Crippen molar-refractivity contribution >= 4 is 11.4 Å². The van der Waals surface area contributed by atoms with Crippen LogP contribution in [0.2, 0.25) is 0 Å². The molecule has 0 aliphatic carbocycles. The first-order valence-electron chi connectivity index (χ1n) is 6.69. The van der Waals surface area contributed by atoms with Crippen molar-refractivity contribution in [2.24, 2.45) is 0 Å². The maximum Gasteiger partial charge on any atom is 0.124 e. The van der Waals surface area contributed by atoms with E-state index >= 15 is 0 Å². The number of hydrogen-bond donors (Lipinski definition) is 2. The lowest BCUT2D eigenvalue weighted by Crippen LogP contribution is -2.20. The maximum absolute atomic E-state index is 6.06. The number of nitrogens with two attached hydrogens (primary N) is 1. The van der Waals surface area contributed by atoms with E-state index in [2.05, 4.69) is 11.4 Å². The number of rotatable bonds is 3. The third-order valence-electron chi connectivity index (χ3n) is 3.55. The van der Waals surface area contributed by atoms with E-state index < -0.39 is 0 Å². The van der Waals surface area contributed by atoms with Crippen LogP contribution in [-0.4, -0.2) is 13.7 Å². The summed E-state index contributed by atoms with van der Waals surface area (Å²) in [5, 5.41) is 3.50. The second kappa shape index (κ2) is 5.33. The smallest absolute Gasteiger partial charge is 0.124 e. The molecular weight excluding hydrogens is 252 g/mol. The summed E-state index contributed by atoms with van der Waals surface area (Å²) in [6, 6.07) is 14.0. The summed E-state index contributed by atoms with van der Waals surface area (Å²) < 4.78 is 10.8.